The summed E-state index contributed by atoms with van der Waals surface area (Å²) in [7, 11) is 0. The Hall–Kier alpha value is -2.65. The van der Waals surface area contributed by atoms with Gasteiger partial charge in [-0.05, 0) is 18.2 Å². The van der Waals surface area contributed by atoms with Crippen LogP contribution < -0.4 is 4.74 Å². The molecule has 0 aliphatic heterocycles. The molecule has 2 aromatic carbocycles. The molecule has 2 rings (SSSR count). The zero-order chi connectivity index (χ0) is 15.4. The summed E-state index contributed by atoms with van der Waals surface area (Å²) in [5.74, 6) is -0.818. The van der Waals surface area contributed by atoms with E-state index in [1.807, 2.05) is 6.07 Å². The Morgan fingerprint density at radius 3 is 2.67 bits per heavy atom. The Morgan fingerprint density at radius 1 is 1.33 bits per heavy atom. The second-order valence-electron chi connectivity index (χ2n) is 4.08. The van der Waals surface area contributed by atoms with Crippen LogP contribution in [0.3, 0.4) is 0 Å². The zero-order valence-electron chi connectivity index (χ0n) is 10.5. The standard InChI is InChI=1S/C14H8ClFN2O3/c15-12-5-9(7-17)1-2-10(12)8-21-11-3-4-14(18(19)20)13(16)6-11/h1-6H,8H2. The van der Waals surface area contributed by atoms with Crippen molar-refractivity contribution in [2.75, 3.05) is 0 Å². The molecule has 0 heterocycles. The van der Waals surface area contributed by atoms with Gasteiger partial charge in [-0.15, -0.1) is 0 Å². The van der Waals surface area contributed by atoms with E-state index < -0.39 is 16.4 Å². The van der Waals surface area contributed by atoms with Crippen molar-refractivity contribution in [1.82, 2.24) is 0 Å². The molecule has 21 heavy (non-hydrogen) atoms. The third kappa shape index (κ3) is 3.46. The van der Waals surface area contributed by atoms with Gasteiger partial charge in [-0.1, -0.05) is 17.7 Å². The number of hydrogen-bond donors (Lipinski definition) is 0. The summed E-state index contributed by atoms with van der Waals surface area (Å²) in [4.78, 5) is 9.69. The number of hydrogen-bond acceptors (Lipinski definition) is 4. The maximum atomic E-state index is 13.4. The van der Waals surface area contributed by atoms with Gasteiger partial charge in [0.15, 0.2) is 0 Å². The van der Waals surface area contributed by atoms with Gasteiger partial charge in [0.2, 0.25) is 5.82 Å². The van der Waals surface area contributed by atoms with Crippen LogP contribution in [0.15, 0.2) is 36.4 Å². The molecule has 0 aromatic heterocycles. The first-order valence-electron chi connectivity index (χ1n) is 5.76. The van der Waals surface area contributed by atoms with E-state index in [1.54, 1.807) is 12.1 Å². The zero-order valence-corrected chi connectivity index (χ0v) is 11.3. The maximum Gasteiger partial charge on any atom is 0.305 e. The van der Waals surface area contributed by atoms with Crippen molar-refractivity contribution in [2.24, 2.45) is 0 Å². The summed E-state index contributed by atoms with van der Waals surface area (Å²) in [6.45, 7) is 0.0573. The van der Waals surface area contributed by atoms with Crippen LogP contribution in [0.5, 0.6) is 5.75 Å². The molecule has 0 radical (unpaired) electrons. The molecule has 0 unspecified atom stereocenters. The van der Waals surface area contributed by atoms with Gasteiger partial charge in [0, 0.05) is 22.7 Å². The summed E-state index contributed by atoms with van der Waals surface area (Å²) >= 11 is 5.98. The molecule has 0 N–H and O–H groups in total. The highest BCUT2D eigenvalue weighted by atomic mass is 35.5. The van der Waals surface area contributed by atoms with Crippen molar-refractivity contribution in [2.45, 2.75) is 6.61 Å². The predicted octanol–water partition coefficient (Wildman–Crippen LogP) is 3.84. The number of rotatable bonds is 4. The third-order valence-corrected chi connectivity index (χ3v) is 3.04. The molecule has 0 fully saturated rings. The van der Waals surface area contributed by atoms with Gasteiger partial charge in [-0.3, -0.25) is 10.1 Å². The molecule has 0 aliphatic rings. The predicted molar refractivity (Wildman–Crippen MR) is 73.6 cm³/mol. The fourth-order valence-corrected chi connectivity index (χ4v) is 1.86. The van der Waals surface area contributed by atoms with E-state index in [0.717, 1.165) is 12.1 Å². The Kier molecular flexibility index (Phi) is 4.36. The summed E-state index contributed by atoms with van der Waals surface area (Å²) in [6.07, 6.45) is 0. The minimum Gasteiger partial charge on any atom is -0.489 e. The number of nitro groups is 1. The summed E-state index contributed by atoms with van der Waals surface area (Å²) < 4.78 is 18.8. The maximum absolute atomic E-state index is 13.4. The van der Waals surface area contributed by atoms with Crippen LogP contribution >= 0.6 is 11.6 Å². The SMILES string of the molecule is N#Cc1ccc(COc2ccc([N+](=O)[O-])c(F)c2)c(Cl)c1. The molecule has 0 bridgehead atoms. The number of benzene rings is 2. The Bertz CT molecular complexity index is 743. The second-order valence-corrected chi connectivity index (χ2v) is 4.48. The Morgan fingerprint density at radius 2 is 2.10 bits per heavy atom. The average molecular weight is 307 g/mol. The van der Waals surface area contributed by atoms with Gasteiger partial charge < -0.3 is 4.74 Å². The van der Waals surface area contributed by atoms with E-state index in [-0.39, 0.29) is 12.4 Å². The highest BCUT2D eigenvalue weighted by Crippen LogP contribution is 2.24. The van der Waals surface area contributed by atoms with E-state index >= 15 is 0 Å². The molecule has 5 nitrogen and oxygen atoms in total. The Balaban J connectivity index is 2.12. The molecule has 106 valence electrons. The molecule has 0 amide bonds. The lowest BCUT2D eigenvalue weighted by Gasteiger charge is -2.08. The van der Waals surface area contributed by atoms with Gasteiger partial charge in [-0.2, -0.15) is 9.65 Å². The minimum atomic E-state index is -0.969. The van der Waals surface area contributed by atoms with Crippen molar-refractivity contribution in [1.29, 1.82) is 5.26 Å². The number of ether oxygens (including phenoxy) is 1. The second kappa shape index (κ2) is 6.20. The van der Waals surface area contributed by atoms with Crippen LogP contribution in [0.2, 0.25) is 5.02 Å². The van der Waals surface area contributed by atoms with Gasteiger partial charge in [0.1, 0.15) is 12.4 Å². The van der Waals surface area contributed by atoms with E-state index in [1.165, 1.54) is 12.1 Å². The van der Waals surface area contributed by atoms with E-state index in [9.17, 15) is 14.5 Å². The molecule has 7 heteroatoms. The van der Waals surface area contributed by atoms with Gasteiger partial charge >= 0.3 is 5.69 Å². The topological polar surface area (TPSA) is 76.2 Å². The molecular formula is C14H8ClFN2O3. The summed E-state index contributed by atoms with van der Waals surface area (Å²) in [6, 6.07) is 9.94. The Labute approximate surface area is 124 Å². The average Bonchev–Trinajstić information content (AvgIpc) is 2.45. The fourth-order valence-electron chi connectivity index (χ4n) is 1.62. The lowest BCUT2D eigenvalue weighted by Crippen LogP contribution is -1.98. The number of nitro benzene ring substituents is 1. The van der Waals surface area contributed by atoms with Crippen molar-refractivity contribution in [3.8, 4) is 11.8 Å². The monoisotopic (exact) mass is 306 g/mol. The molecule has 0 atom stereocenters. The summed E-state index contributed by atoms with van der Waals surface area (Å²) in [5, 5.41) is 19.6. The van der Waals surface area contributed by atoms with Gasteiger partial charge in [-0.25, -0.2) is 0 Å². The number of nitriles is 1. The van der Waals surface area contributed by atoms with E-state index in [0.29, 0.717) is 16.1 Å². The van der Waals surface area contributed by atoms with Crippen molar-refractivity contribution < 1.29 is 14.1 Å². The van der Waals surface area contributed by atoms with Crippen LogP contribution in [-0.2, 0) is 6.61 Å². The summed E-state index contributed by atoms with van der Waals surface area (Å²) in [5.41, 5.74) is 0.429. The van der Waals surface area contributed by atoms with Crippen molar-refractivity contribution >= 4 is 17.3 Å². The first-order chi connectivity index (χ1) is 10.0. The van der Waals surface area contributed by atoms with Crippen LogP contribution in [0.25, 0.3) is 0 Å². The number of nitrogens with zero attached hydrogens (tertiary/aromatic N) is 2. The molecule has 0 spiro atoms. The molecule has 2 aromatic rings. The van der Waals surface area contributed by atoms with Gasteiger partial charge in [0.25, 0.3) is 0 Å². The normalized spacial score (nSPS) is 9.95. The minimum absolute atomic E-state index is 0.0573. The molecule has 0 aliphatic carbocycles. The molecular weight excluding hydrogens is 299 g/mol. The fraction of sp³-hybridized carbons (Fsp3) is 0.0714. The first-order valence-corrected chi connectivity index (χ1v) is 6.14. The smallest absolute Gasteiger partial charge is 0.305 e. The van der Waals surface area contributed by atoms with Crippen LogP contribution in [0.4, 0.5) is 10.1 Å². The van der Waals surface area contributed by atoms with Crippen molar-refractivity contribution in [3.05, 3.63) is 68.5 Å². The quantitative estimate of drug-likeness (QED) is 0.635. The lowest BCUT2D eigenvalue weighted by molar-refractivity contribution is -0.387. The highest BCUT2D eigenvalue weighted by Gasteiger charge is 2.14. The molecule has 0 saturated carbocycles. The van der Waals surface area contributed by atoms with E-state index in [4.69, 9.17) is 21.6 Å². The highest BCUT2D eigenvalue weighted by molar-refractivity contribution is 6.31. The lowest BCUT2D eigenvalue weighted by atomic mass is 10.1. The van der Waals surface area contributed by atoms with E-state index in [2.05, 4.69) is 0 Å². The third-order valence-electron chi connectivity index (χ3n) is 2.69. The van der Waals surface area contributed by atoms with Crippen LogP contribution in [0.1, 0.15) is 11.1 Å². The van der Waals surface area contributed by atoms with Crippen molar-refractivity contribution in [3.63, 3.8) is 0 Å². The number of halogens is 2. The first kappa shape index (κ1) is 14.8. The van der Waals surface area contributed by atoms with Gasteiger partial charge in [0.05, 0.1) is 16.6 Å². The van der Waals surface area contributed by atoms with Crippen LogP contribution in [0, 0.1) is 27.3 Å². The largest absolute Gasteiger partial charge is 0.489 e. The molecule has 0 saturated heterocycles. The van der Waals surface area contributed by atoms with Crippen LogP contribution in [-0.4, -0.2) is 4.92 Å².